The molecule has 0 spiro atoms. The molecule has 412 valence electrons. The maximum atomic E-state index is 5.22. The Balaban J connectivity index is 0.0000252. The molecule has 0 unspecified atom stereocenters. The van der Waals surface area contributed by atoms with Crippen LogP contribution in [0.1, 0.15) is 347 Å². The summed E-state index contributed by atoms with van der Waals surface area (Å²) in [6.07, 6.45) is 69.9. The molecular formula is C68H120N2Ni. The molecule has 0 saturated heterocycles. The molecule has 2 nitrogen and oxygen atoms in total. The number of nitrogens with zero attached hydrogens (tertiary/aromatic N) is 2. The zero-order valence-corrected chi connectivity index (χ0v) is 49.2. The third-order valence-corrected chi connectivity index (χ3v) is 15.5. The van der Waals surface area contributed by atoms with Crippen LogP contribution >= 0.6 is 0 Å². The van der Waals surface area contributed by atoms with Crippen LogP contribution in [0.2, 0.25) is 0 Å². The van der Waals surface area contributed by atoms with Gasteiger partial charge in [-0.3, -0.25) is 9.98 Å². The summed E-state index contributed by atoms with van der Waals surface area (Å²) in [5, 5.41) is 0. The summed E-state index contributed by atoms with van der Waals surface area (Å²) in [7, 11) is 0. The average molecular weight is 1020 g/mol. The summed E-state index contributed by atoms with van der Waals surface area (Å²) >= 11 is 0. The van der Waals surface area contributed by atoms with Gasteiger partial charge < -0.3 is 0 Å². The Hall–Kier alpha value is -1.73. The summed E-state index contributed by atoms with van der Waals surface area (Å²) in [5.41, 5.74) is 7.34. The van der Waals surface area contributed by atoms with Gasteiger partial charge >= 0.3 is 0 Å². The third kappa shape index (κ3) is 42.2. The fourth-order valence-corrected chi connectivity index (χ4v) is 10.6. The van der Waals surface area contributed by atoms with E-state index in [1.165, 1.54) is 313 Å². The van der Waals surface area contributed by atoms with Gasteiger partial charge in [-0.2, -0.15) is 0 Å². The maximum absolute atomic E-state index is 5.22. The molecule has 0 saturated carbocycles. The predicted molar refractivity (Wildman–Crippen MR) is 319 cm³/mol. The fourth-order valence-electron chi connectivity index (χ4n) is 10.6. The van der Waals surface area contributed by atoms with E-state index in [1.807, 2.05) is 0 Å². The molecule has 2 aromatic rings. The van der Waals surface area contributed by atoms with Gasteiger partial charge in [-0.15, -0.1) is 0 Å². The first kappa shape index (κ1) is 67.3. The Morgan fingerprint density at radius 1 is 0.254 bits per heavy atom. The summed E-state index contributed by atoms with van der Waals surface area (Å²) < 4.78 is 0. The van der Waals surface area contributed by atoms with Crippen LogP contribution in [0.5, 0.6) is 0 Å². The Labute approximate surface area is 455 Å². The van der Waals surface area contributed by atoms with Crippen LogP contribution in [0.3, 0.4) is 0 Å². The molecule has 71 heavy (non-hydrogen) atoms. The van der Waals surface area contributed by atoms with Gasteiger partial charge in [0.05, 0.1) is 22.8 Å². The van der Waals surface area contributed by atoms with Gasteiger partial charge in [0.1, 0.15) is 0 Å². The molecule has 0 aliphatic carbocycles. The van der Waals surface area contributed by atoms with Crippen molar-refractivity contribution in [1.82, 2.24) is 0 Å². The Morgan fingerprint density at radius 3 is 0.690 bits per heavy atom. The quantitative estimate of drug-likeness (QED) is 0.0358. The van der Waals surface area contributed by atoms with E-state index in [4.69, 9.17) is 9.98 Å². The van der Waals surface area contributed by atoms with Gasteiger partial charge in [-0.1, -0.05) is 328 Å². The summed E-state index contributed by atoms with van der Waals surface area (Å²) in [6, 6.07) is 18.2. The molecule has 0 aromatic heterocycles. The van der Waals surface area contributed by atoms with E-state index in [1.54, 1.807) is 0 Å². The van der Waals surface area contributed by atoms with Crippen molar-refractivity contribution in [3.8, 4) is 0 Å². The first-order valence-electron chi connectivity index (χ1n) is 32.0. The predicted octanol–water partition coefficient (Wildman–Crippen LogP) is 24.4. The van der Waals surface area contributed by atoms with Crippen molar-refractivity contribution in [2.24, 2.45) is 9.98 Å². The first-order chi connectivity index (χ1) is 34.7. The number of aliphatic imine (C=N–C) groups is 2. The van der Waals surface area contributed by atoms with Crippen LogP contribution in [0.4, 0.5) is 11.4 Å². The molecule has 0 fully saturated rings. The van der Waals surface area contributed by atoms with Gasteiger partial charge in [-0.25, -0.2) is 0 Å². The van der Waals surface area contributed by atoms with Crippen molar-refractivity contribution < 1.29 is 16.5 Å². The van der Waals surface area contributed by atoms with Crippen molar-refractivity contribution >= 4 is 22.8 Å². The second-order valence-electron chi connectivity index (χ2n) is 22.3. The van der Waals surface area contributed by atoms with Gasteiger partial charge in [0.15, 0.2) is 0 Å². The minimum atomic E-state index is 0. The number of benzene rings is 2. The fraction of sp³-hybridized carbons (Fsp3) is 0.794. The molecule has 0 amide bonds. The van der Waals surface area contributed by atoms with E-state index in [0.717, 1.165) is 42.1 Å². The van der Waals surface area contributed by atoms with Gasteiger partial charge in [0.25, 0.3) is 0 Å². The SMILES string of the molecule is CCCCCCCCCCCCCCCCCCCCCCCCc1ccc(N=C(CC)C(CCCC)=Nc2ccc(CCCCCCCCCCCCCCCCCCCCCCCC)cc2)cc1.[Ni]. The standard InChI is InChI=1S/C68H120N2.Ni/c1-5-9-12-14-16-18-20-22-24-26-28-30-32-34-36-38-40-42-44-46-48-50-52-63-55-59-65(60-56-63)69-67(8-4)68(54-11-7-3)70-66-61-57-64(58-62-66)53-51-49-47-45-43-41-39-37-35-33-31-29-27-25-23-21-19-17-15-13-10-6-2;/h55-62H,5-54H2,1-4H3;. The molecule has 2 aromatic carbocycles. The molecule has 3 heteroatoms. The van der Waals surface area contributed by atoms with Crippen molar-refractivity contribution in [2.75, 3.05) is 0 Å². The largest absolute Gasteiger partial charge is 0.252 e. The monoisotopic (exact) mass is 1020 g/mol. The van der Waals surface area contributed by atoms with E-state index in [-0.39, 0.29) is 16.5 Å². The molecular weight excluding hydrogens is 903 g/mol. The normalized spacial score (nSPS) is 12.0. The second-order valence-corrected chi connectivity index (χ2v) is 22.3. The Morgan fingerprint density at radius 2 is 0.465 bits per heavy atom. The summed E-state index contributed by atoms with van der Waals surface area (Å²) in [5.74, 6) is 0. The van der Waals surface area contributed by atoms with E-state index in [2.05, 4.69) is 76.2 Å². The van der Waals surface area contributed by atoms with E-state index >= 15 is 0 Å². The molecule has 2 rings (SSSR count). The molecule has 0 atom stereocenters. The zero-order chi connectivity index (χ0) is 49.9. The van der Waals surface area contributed by atoms with Crippen LogP contribution in [0.15, 0.2) is 58.5 Å². The topological polar surface area (TPSA) is 24.7 Å². The third-order valence-electron chi connectivity index (χ3n) is 15.5. The molecule has 0 aliphatic heterocycles. The molecule has 0 radical (unpaired) electrons. The van der Waals surface area contributed by atoms with Gasteiger partial charge in [-0.05, 0) is 80.3 Å². The van der Waals surface area contributed by atoms with Gasteiger partial charge in [0.2, 0.25) is 0 Å². The molecule has 0 bridgehead atoms. The number of rotatable bonds is 53. The number of hydrogen-bond donors (Lipinski definition) is 0. The minimum Gasteiger partial charge on any atom is -0.252 e. The Kier molecular flexibility index (Phi) is 50.3. The van der Waals surface area contributed by atoms with E-state index < -0.39 is 0 Å². The van der Waals surface area contributed by atoms with Crippen LogP contribution < -0.4 is 0 Å². The maximum Gasteiger partial charge on any atom is 0.0633 e. The van der Waals surface area contributed by atoms with Crippen molar-refractivity contribution in [2.45, 2.75) is 349 Å². The smallest absolute Gasteiger partial charge is 0.0633 e. The summed E-state index contributed by atoms with van der Waals surface area (Å²) in [6.45, 7) is 9.13. The van der Waals surface area contributed by atoms with Crippen molar-refractivity contribution in [3.05, 3.63) is 59.7 Å². The molecule has 0 heterocycles. The summed E-state index contributed by atoms with van der Waals surface area (Å²) in [4.78, 5) is 10.4. The zero-order valence-electron chi connectivity index (χ0n) is 48.2. The van der Waals surface area contributed by atoms with Gasteiger partial charge in [0, 0.05) is 16.5 Å². The number of unbranched alkanes of at least 4 members (excludes halogenated alkanes) is 43. The van der Waals surface area contributed by atoms with E-state index in [0.29, 0.717) is 0 Å². The Bertz CT molecular complexity index is 1430. The minimum absolute atomic E-state index is 0. The number of aryl methyl sites for hydroxylation is 2. The second kappa shape index (κ2) is 53.1. The first-order valence-corrected chi connectivity index (χ1v) is 32.0. The van der Waals surface area contributed by atoms with Crippen LogP contribution in [0, 0.1) is 0 Å². The van der Waals surface area contributed by atoms with Crippen LogP contribution in [0.25, 0.3) is 0 Å². The van der Waals surface area contributed by atoms with Crippen LogP contribution in [-0.2, 0) is 29.3 Å². The van der Waals surface area contributed by atoms with Crippen molar-refractivity contribution in [1.29, 1.82) is 0 Å². The average Bonchev–Trinajstić information content (AvgIpc) is 3.38. The van der Waals surface area contributed by atoms with Crippen LogP contribution in [-0.4, -0.2) is 11.4 Å². The van der Waals surface area contributed by atoms with Crippen molar-refractivity contribution in [3.63, 3.8) is 0 Å². The number of hydrogen-bond acceptors (Lipinski definition) is 2. The molecule has 0 N–H and O–H groups in total. The van der Waals surface area contributed by atoms with E-state index in [9.17, 15) is 0 Å². The molecule has 0 aliphatic rings.